The van der Waals surface area contributed by atoms with Crippen LogP contribution in [-0.4, -0.2) is 36.7 Å². The second kappa shape index (κ2) is 8.23. The Morgan fingerprint density at radius 2 is 1.94 bits per heavy atom. The lowest BCUT2D eigenvalue weighted by Crippen LogP contribution is -2.05. The fraction of sp³-hybridized carbons (Fsp3) is 0.286. The molecule has 0 amide bonds. The molecule has 9 nitrogen and oxygen atoms in total. The Bertz CT molecular complexity index is 1190. The molecular formula is C21H19FN6O3. The highest BCUT2D eigenvalue weighted by Gasteiger charge is 2.19. The van der Waals surface area contributed by atoms with E-state index in [0.717, 1.165) is 29.9 Å². The average Bonchev–Trinajstić information content (AvgIpc) is 3.28. The predicted octanol–water partition coefficient (Wildman–Crippen LogP) is 3.34. The van der Waals surface area contributed by atoms with Gasteiger partial charge in [0.1, 0.15) is 36.2 Å². The summed E-state index contributed by atoms with van der Waals surface area (Å²) >= 11 is 0. The SMILES string of the molecule is Cc1onc(-c2ccc(F)cc2)c1COc1ccc(-c2nnc3n2CCCOC3)nn1. The lowest BCUT2D eigenvalue weighted by Gasteiger charge is -2.07. The van der Waals surface area contributed by atoms with Crippen LogP contribution >= 0.6 is 0 Å². The second-order valence-corrected chi connectivity index (χ2v) is 7.12. The van der Waals surface area contributed by atoms with Crippen LogP contribution in [0.15, 0.2) is 40.9 Å². The Kier molecular flexibility index (Phi) is 5.13. The highest BCUT2D eigenvalue weighted by atomic mass is 19.1. The number of aryl methyl sites for hydroxylation is 1. The number of hydrogen-bond donors (Lipinski definition) is 0. The summed E-state index contributed by atoms with van der Waals surface area (Å²) in [5, 5.41) is 20.9. The van der Waals surface area contributed by atoms with Gasteiger partial charge in [0, 0.05) is 24.8 Å². The molecule has 10 heteroatoms. The van der Waals surface area contributed by atoms with Crippen LogP contribution in [0.2, 0.25) is 0 Å². The van der Waals surface area contributed by atoms with Gasteiger partial charge in [0.2, 0.25) is 5.88 Å². The Balaban J connectivity index is 1.32. The van der Waals surface area contributed by atoms with Crippen LogP contribution in [0.3, 0.4) is 0 Å². The van der Waals surface area contributed by atoms with E-state index < -0.39 is 0 Å². The molecule has 5 rings (SSSR count). The topological polar surface area (TPSA) is 101 Å². The van der Waals surface area contributed by atoms with Gasteiger partial charge in [-0.15, -0.1) is 20.4 Å². The predicted molar refractivity (Wildman–Crippen MR) is 106 cm³/mol. The van der Waals surface area contributed by atoms with Crippen LogP contribution in [0.4, 0.5) is 4.39 Å². The van der Waals surface area contributed by atoms with Crippen molar-refractivity contribution in [3.05, 3.63) is 59.4 Å². The maximum atomic E-state index is 13.2. The smallest absolute Gasteiger partial charge is 0.233 e. The highest BCUT2D eigenvalue weighted by Crippen LogP contribution is 2.27. The molecule has 0 bridgehead atoms. The number of aromatic nitrogens is 6. The van der Waals surface area contributed by atoms with Crippen molar-refractivity contribution in [3.63, 3.8) is 0 Å². The molecule has 0 fully saturated rings. The van der Waals surface area contributed by atoms with Crippen LogP contribution in [0.1, 0.15) is 23.6 Å². The van der Waals surface area contributed by atoms with Crippen molar-refractivity contribution < 1.29 is 18.4 Å². The summed E-state index contributed by atoms with van der Waals surface area (Å²) < 4.78 is 31.9. The standard InChI is InChI=1S/C21H19FN6O3/c1-13-16(20(27-31-13)14-3-5-15(22)6-4-14)11-30-19-8-7-17(23-25-19)21-26-24-18-12-29-10-2-9-28(18)21/h3-8H,2,9-12H2,1H3. The van der Waals surface area contributed by atoms with Crippen molar-refractivity contribution >= 4 is 0 Å². The zero-order valence-electron chi connectivity index (χ0n) is 16.8. The molecule has 0 aliphatic carbocycles. The largest absolute Gasteiger partial charge is 0.472 e. The van der Waals surface area contributed by atoms with Gasteiger partial charge in [0.25, 0.3) is 0 Å². The summed E-state index contributed by atoms with van der Waals surface area (Å²) in [6.45, 7) is 3.90. The number of hydrogen-bond acceptors (Lipinski definition) is 8. The molecule has 0 spiro atoms. The van der Waals surface area contributed by atoms with Gasteiger partial charge in [-0.1, -0.05) is 5.16 Å². The van der Waals surface area contributed by atoms with Gasteiger partial charge in [-0.05, 0) is 43.7 Å². The number of benzene rings is 1. The first kappa shape index (κ1) is 19.3. The fourth-order valence-electron chi connectivity index (χ4n) is 3.41. The number of halogens is 1. The molecule has 0 N–H and O–H groups in total. The maximum absolute atomic E-state index is 13.2. The molecule has 0 atom stereocenters. The molecular weight excluding hydrogens is 403 g/mol. The third-order valence-electron chi connectivity index (χ3n) is 5.06. The zero-order valence-corrected chi connectivity index (χ0v) is 16.8. The van der Waals surface area contributed by atoms with E-state index in [2.05, 4.69) is 25.6 Å². The Hall–Kier alpha value is -3.66. The molecule has 1 aliphatic rings. The first-order valence-corrected chi connectivity index (χ1v) is 9.87. The van der Waals surface area contributed by atoms with Crippen LogP contribution in [-0.2, 0) is 24.5 Å². The van der Waals surface area contributed by atoms with Crippen molar-refractivity contribution in [3.8, 4) is 28.7 Å². The first-order valence-electron chi connectivity index (χ1n) is 9.87. The maximum Gasteiger partial charge on any atom is 0.233 e. The van der Waals surface area contributed by atoms with Gasteiger partial charge >= 0.3 is 0 Å². The minimum atomic E-state index is -0.311. The van der Waals surface area contributed by atoms with Crippen molar-refractivity contribution in [2.24, 2.45) is 0 Å². The van der Waals surface area contributed by atoms with Gasteiger partial charge in [-0.25, -0.2) is 4.39 Å². The van der Waals surface area contributed by atoms with E-state index in [9.17, 15) is 4.39 Å². The lowest BCUT2D eigenvalue weighted by atomic mass is 10.1. The quantitative estimate of drug-likeness (QED) is 0.483. The molecule has 31 heavy (non-hydrogen) atoms. The van der Waals surface area contributed by atoms with Crippen molar-refractivity contribution in [2.45, 2.75) is 33.1 Å². The second-order valence-electron chi connectivity index (χ2n) is 7.12. The van der Waals surface area contributed by atoms with E-state index >= 15 is 0 Å². The van der Waals surface area contributed by atoms with Crippen molar-refractivity contribution in [1.82, 2.24) is 30.1 Å². The number of fused-ring (bicyclic) bond motifs is 1. The molecule has 4 aromatic rings. The van der Waals surface area contributed by atoms with Crippen molar-refractivity contribution in [1.29, 1.82) is 0 Å². The van der Waals surface area contributed by atoms with E-state index in [-0.39, 0.29) is 12.4 Å². The summed E-state index contributed by atoms with van der Waals surface area (Å²) in [6, 6.07) is 9.59. The minimum Gasteiger partial charge on any atom is -0.472 e. The summed E-state index contributed by atoms with van der Waals surface area (Å²) in [5.41, 5.74) is 2.73. The number of nitrogens with zero attached hydrogens (tertiary/aromatic N) is 6. The van der Waals surface area contributed by atoms with Gasteiger partial charge in [0.05, 0.1) is 5.56 Å². The van der Waals surface area contributed by atoms with Crippen LogP contribution < -0.4 is 4.74 Å². The Morgan fingerprint density at radius 3 is 2.74 bits per heavy atom. The Morgan fingerprint density at radius 1 is 1.06 bits per heavy atom. The molecule has 1 aliphatic heterocycles. The monoisotopic (exact) mass is 422 g/mol. The first-order chi connectivity index (χ1) is 15.2. The summed E-state index contributed by atoms with van der Waals surface area (Å²) in [5.74, 6) is 2.11. The number of ether oxygens (including phenoxy) is 2. The molecule has 0 unspecified atom stereocenters. The Labute approximate surface area is 176 Å². The molecule has 0 saturated heterocycles. The van der Waals surface area contributed by atoms with Gasteiger partial charge in [-0.3, -0.25) is 0 Å². The van der Waals surface area contributed by atoms with E-state index in [4.69, 9.17) is 14.0 Å². The molecule has 0 radical (unpaired) electrons. The fourth-order valence-corrected chi connectivity index (χ4v) is 3.41. The van der Waals surface area contributed by atoms with E-state index in [1.807, 2.05) is 4.57 Å². The normalized spacial score (nSPS) is 13.6. The molecule has 158 valence electrons. The van der Waals surface area contributed by atoms with E-state index in [1.54, 1.807) is 31.2 Å². The van der Waals surface area contributed by atoms with E-state index in [1.165, 1.54) is 12.1 Å². The number of rotatable bonds is 5. The third kappa shape index (κ3) is 3.89. The van der Waals surface area contributed by atoms with E-state index in [0.29, 0.717) is 42.1 Å². The summed E-state index contributed by atoms with van der Waals surface area (Å²) in [4.78, 5) is 0. The zero-order chi connectivity index (χ0) is 21.2. The van der Waals surface area contributed by atoms with Crippen LogP contribution in [0.25, 0.3) is 22.8 Å². The van der Waals surface area contributed by atoms with Gasteiger partial charge < -0.3 is 18.6 Å². The minimum absolute atomic E-state index is 0.188. The lowest BCUT2D eigenvalue weighted by molar-refractivity contribution is 0.122. The molecule has 1 aromatic carbocycles. The molecule has 0 saturated carbocycles. The van der Waals surface area contributed by atoms with Crippen LogP contribution in [0.5, 0.6) is 5.88 Å². The third-order valence-corrected chi connectivity index (χ3v) is 5.06. The summed E-state index contributed by atoms with van der Waals surface area (Å²) in [6.07, 6.45) is 0.890. The molecule has 4 heterocycles. The summed E-state index contributed by atoms with van der Waals surface area (Å²) in [7, 11) is 0. The highest BCUT2D eigenvalue weighted by molar-refractivity contribution is 5.63. The van der Waals surface area contributed by atoms with Gasteiger partial charge in [-0.2, -0.15) is 0 Å². The average molecular weight is 422 g/mol. The molecule has 3 aromatic heterocycles. The van der Waals surface area contributed by atoms with Gasteiger partial charge in [0.15, 0.2) is 11.6 Å². The van der Waals surface area contributed by atoms with Crippen LogP contribution in [0, 0.1) is 12.7 Å². The van der Waals surface area contributed by atoms with Crippen molar-refractivity contribution in [2.75, 3.05) is 6.61 Å².